The van der Waals surface area contributed by atoms with Crippen LogP contribution in [0.15, 0.2) is 42.5 Å². The van der Waals surface area contributed by atoms with E-state index in [1.165, 1.54) is 12.1 Å². The van der Waals surface area contributed by atoms with Gasteiger partial charge in [-0.15, -0.1) is 0 Å². The summed E-state index contributed by atoms with van der Waals surface area (Å²) < 4.78 is 70.0. The Morgan fingerprint density at radius 1 is 1.11 bits per heavy atom. The van der Waals surface area contributed by atoms with Crippen LogP contribution in [0.4, 0.5) is 18.9 Å². The van der Waals surface area contributed by atoms with Crippen molar-refractivity contribution in [2.75, 3.05) is 51.3 Å². The summed E-state index contributed by atoms with van der Waals surface area (Å²) in [6.45, 7) is 4.51. The number of anilines is 1. The van der Waals surface area contributed by atoms with Crippen molar-refractivity contribution in [2.45, 2.75) is 24.5 Å². The molecule has 0 saturated carbocycles. The summed E-state index contributed by atoms with van der Waals surface area (Å²) in [6, 6.07) is 11.3. The first-order valence-corrected chi connectivity index (χ1v) is 13.0. The predicted molar refractivity (Wildman–Crippen MR) is 128 cm³/mol. The summed E-state index contributed by atoms with van der Waals surface area (Å²) in [5.41, 5.74) is -1.77. The standard InChI is InChI=1S/C24H28F3N3O5S/c1-28-23(31)18-2-7-21-17(16-18)9-15-34-22(21)8-10-29-11-13-30(14-12-29)19-3-5-20(6-4-19)35-36(32,33)24(25,26)27/h2-7,16,22H,8-15H2,1H3,(H,28,31). The number of halogens is 3. The topological polar surface area (TPSA) is 88.2 Å². The first kappa shape index (κ1) is 26.2. The van der Waals surface area contributed by atoms with E-state index in [-0.39, 0.29) is 17.8 Å². The maximum absolute atomic E-state index is 12.5. The molecule has 2 aromatic carbocycles. The molecule has 1 saturated heterocycles. The normalized spacial score (nSPS) is 19.0. The highest BCUT2D eigenvalue weighted by molar-refractivity contribution is 7.88. The minimum Gasteiger partial charge on any atom is -0.376 e. The van der Waals surface area contributed by atoms with Gasteiger partial charge >= 0.3 is 15.6 Å². The van der Waals surface area contributed by atoms with Gasteiger partial charge in [-0.2, -0.15) is 21.6 Å². The van der Waals surface area contributed by atoms with Gasteiger partial charge in [0.15, 0.2) is 0 Å². The lowest BCUT2D eigenvalue weighted by atomic mass is 9.93. The van der Waals surface area contributed by atoms with E-state index in [0.717, 1.165) is 62.4 Å². The number of fused-ring (bicyclic) bond motifs is 1. The lowest BCUT2D eigenvalue weighted by Crippen LogP contribution is -2.46. The number of rotatable bonds is 7. The summed E-state index contributed by atoms with van der Waals surface area (Å²) in [5.74, 6) is -0.489. The fourth-order valence-electron chi connectivity index (χ4n) is 4.48. The highest BCUT2D eigenvalue weighted by atomic mass is 32.2. The number of hydrogen-bond acceptors (Lipinski definition) is 7. The van der Waals surface area contributed by atoms with E-state index in [9.17, 15) is 26.4 Å². The van der Waals surface area contributed by atoms with Crippen LogP contribution in [-0.2, 0) is 21.3 Å². The fourth-order valence-corrected chi connectivity index (χ4v) is 4.94. The zero-order chi connectivity index (χ0) is 25.9. The number of benzene rings is 2. The van der Waals surface area contributed by atoms with Crippen LogP contribution < -0.4 is 14.4 Å². The summed E-state index contributed by atoms with van der Waals surface area (Å²) in [5, 5.41) is 2.65. The molecule has 8 nitrogen and oxygen atoms in total. The minimum atomic E-state index is -5.69. The highest BCUT2D eigenvalue weighted by Gasteiger charge is 2.48. The van der Waals surface area contributed by atoms with E-state index in [0.29, 0.717) is 12.2 Å². The first-order valence-electron chi connectivity index (χ1n) is 11.6. The van der Waals surface area contributed by atoms with E-state index in [4.69, 9.17) is 4.74 Å². The van der Waals surface area contributed by atoms with Gasteiger partial charge in [-0.1, -0.05) is 6.07 Å². The van der Waals surface area contributed by atoms with Crippen molar-refractivity contribution in [3.8, 4) is 5.75 Å². The van der Waals surface area contributed by atoms with Crippen molar-refractivity contribution in [2.24, 2.45) is 0 Å². The molecule has 12 heteroatoms. The molecule has 0 aromatic heterocycles. The molecule has 1 amide bonds. The number of carbonyl (C=O) groups is 1. The number of nitrogens with zero attached hydrogens (tertiary/aromatic N) is 2. The molecule has 2 aliphatic heterocycles. The van der Waals surface area contributed by atoms with Crippen molar-refractivity contribution in [3.63, 3.8) is 0 Å². The molecule has 1 atom stereocenters. The van der Waals surface area contributed by atoms with Crippen LogP contribution >= 0.6 is 0 Å². The third-order valence-corrected chi connectivity index (χ3v) is 7.42. The number of piperazine rings is 1. The Morgan fingerprint density at radius 3 is 2.44 bits per heavy atom. The molecule has 0 radical (unpaired) electrons. The molecule has 0 spiro atoms. The van der Waals surface area contributed by atoms with Gasteiger partial charge in [0.05, 0.1) is 12.7 Å². The van der Waals surface area contributed by atoms with E-state index in [1.807, 2.05) is 18.2 Å². The van der Waals surface area contributed by atoms with Gasteiger partial charge in [-0.05, 0) is 60.4 Å². The van der Waals surface area contributed by atoms with Crippen LogP contribution in [0.1, 0.15) is 34.0 Å². The second-order valence-electron chi connectivity index (χ2n) is 8.70. The lowest BCUT2D eigenvalue weighted by molar-refractivity contribution is -0.0500. The first-order chi connectivity index (χ1) is 17.1. The maximum atomic E-state index is 12.5. The van der Waals surface area contributed by atoms with E-state index in [2.05, 4.69) is 19.3 Å². The molecule has 1 N–H and O–H groups in total. The Bertz CT molecular complexity index is 1180. The molecule has 4 rings (SSSR count). The molecule has 36 heavy (non-hydrogen) atoms. The maximum Gasteiger partial charge on any atom is 0.534 e. The van der Waals surface area contributed by atoms with E-state index < -0.39 is 15.6 Å². The third kappa shape index (κ3) is 5.93. The van der Waals surface area contributed by atoms with Crippen molar-refractivity contribution in [1.82, 2.24) is 10.2 Å². The van der Waals surface area contributed by atoms with Gasteiger partial charge in [-0.3, -0.25) is 9.69 Å². The summed E-state index contributed by atoms with van der Waals surface area (Å²) in [7, 11) is -4.07. The number of hydrogen-bond donors (Lipinski definition) is 1. The number of amides is 1. The molecule has 2 aliphatic rings. The number of ether oxygens (including phenoxy) is 1. The van der Waals surface area contributed by atoms with E-state index >= 15 is 0 Å². The van der Waals surface area contributed by atoms with Crippen molar-refractivity contribution >= 4 is 21.7 Å². The van der Waals surface area contributed by atoms with Crippen LogP contribution in [0.3, 0.4) is 0 Å². The summed E-state index contributed by atoms with van der Waals surface area (Å²) in [6.07, 6.45) is 1.58. The molecular weight excluding hydrogens is 499 g/mol. The zero-order valence-electron chi connectivity index (χ0n) is 19.8. The number of alkyl halides is 3. The molecule has 196 valence electrons. The summed E-state index contributed by atoms with van der Waals surface area (Å²) in [4.78, 5) is 16.3. The van der Waals surface area contributed by atoms with Gasteiger partial charge < -0.3 is 19.1 Å². The monoisotopic (exact) mass is 527 g/mol. The van der Waals surface area contributed by atoms with Crippen LogP contribution in [-0.4, -0.2) is 71.1 Å². The van der Waals surface area contributed by atoms with Crippen molar-refractivity contribution in [3.05, 3.63) is 59.2 Å². The molecule has 0 bridgehead atoms. The zero-order valence-corrected chi connectivity index (χ0v) is 20.6. The second kappa shape index (κ2) is 10.7. The van der Waals surface area contributed by atoms with Crippen LogP contribution in [0.5, 0.6) is 5.75 Å². The SMILES string of the molecule is CNC(=O)c1ccc2c(c1)CCOC2CCN1CCN(c2ccc(OS(=O)(=O)C(F)(F)F)cc2)CC1. The largest absolute Gasteiger partial charge is 0.534 e. The highest BCUT2D eigenvalue weighted by Crippen LogP contribution is 2.31. The Kier molecular flexibility index (Phi) is 7.76. The van der Waals surface area contributed by atoms with Crippen molar-refractivity contribution < 1.29 is 35.3 Å². The average molecular weight is 528 g/mol. The Hall–Kier alpha value is -2.83. The number of nitrogens with one attached hydrogen (secondary N) is 1. The van der Waals surface area contributed by atoms with Gasteiger partial charge in [-0.25, -0.2) is 0 Å². The predicted octanol–water partition coefficient (Wildman–Crippen LogP) is 3.10. The molecule has 0 aliphatic carbocycles. The van der Waals surface area contributed by atoms with Gasteiger partial charge in [0.2, 0.25) is 0 Å². The average Bonchev–Trinajstić information content (AvgIpc) is 2.86. The molecular formula is C24H28F3N3O5S. The van der Waals surface area contributed by atoms with Gasteiger partial charge in [0, 0.05) is 51.0 Å². The van der Waals surface area contributed by atoms with Crippen molar-refractivity contribution in [1.29, 1.82) is 0 Å². The Morgan fingerprint density at radius 2 is 1.81 bits per heavy atom. The number of carbonyl (C=O) groups excluding carboxylic acids is 1. The molecule has 2 heterocycles. The quantitative estimate of drug-likeness (QED) is 0.437. The molecule has 2 aromatic rings. The van der Waals surface area contributed by atoms with Gasteiger partial charge in [0.25, 0.3) is 5.91 Å². The minimum absolute atomic E-state index is 0.0222. The molecule has 1 unspecified atom stereocenters. The molecule has 1 fully saturated rings. The van der Waals surface area contributed by atoms with E-state index in [1.54, 1.807) is 19.2 Å². The second-order valence-corrected chi connectivity index (χ2v) is 10.2. The Labute approximate surface area is 208 Å². The van der Waals surface area contributed by atoms with Crippen LogP contribution in [0, 0.1) is 0 Å². The Balaban J connectivity index is 1.28. The van der Waals surface area contributed by atoms with Gasteiger partial charge in [0.1, 0.15) is 5.75 Å². The fraction of sp³-hybridized carbons (Fsp3) is 0.458. The summed E-state index contributed by atoms with van der Waals surface area (Å²) >= 11 is 0. The smallest absolute Gasteiger partial charge is 0.376 e. The van der Waals surface area contributed by atoms with Crippen LogP contribution in [0.25, 0.3) is 0 Å². The van der Waals surface area contributed by atoms with Crippen LogP contribution in [0.2, 0.25) is 0 Å². The lowest BCUT2D eigenvalue weighted by Gasteiger charge is -2.37. The third-order valence-electron chi connectivity index (χ3n) is 6.44.